The molecule has 2 rings (SSSR count). The standard InChI is InChI=1S/C13H24N4O2S/c1-17-11-13(10-15-17)4-8-16-20(18,19)9-5-12-2-6-14-7-3-12/h10-12,14,16H,2-9H2,1H3. The Hall–Kier alpha value is -0.920. The molecule has 0 saturated carbocycles. The maximum Gasteiger partial charge on any atom is 0.211 e. The van der Waals surface area contributed by atoms with Crippen LogP contribution in [0.15, 0.2) is 12.4 Å². The Bertz CT molecular complexity index is 506. The van der Waals surface area contributed by atoms with Gasteiger partial charge in [-0.1, -0.05) is 0 Å². The molecule has 6 nitrogen and oxygen atoms in total. The molecule has 1 aliphatic heterocycles. The van der Waals surface area contributed by atoms with Gasteiger partial charge in [-0.3, -0.25) is 4.68 Å². The van der Waals surface area contributed by atoms with Crippen LogP contribution in [0.3, 0.4) is 0 Å². The van der Waals surface area contributed by atoms with E-state index in [2.05, 4.69) is 15.1 Å². The first-order chi connectivity index (χ1) is 9.55. The second-order valence-corrected chi connectivity index (χ2v) is 7.39. The summed E-state index contributed by atoms with van der Waals surface area (Å²) in [5.74, 6) is 0.788. The normalized spacial score (nSPS) is 17.4. The molecule has 7 heteroatoms. The lowest BCUT2D eigenvalue weighted by atomic mass is 9.96. The first-order valence-corrected chi connectivity index (χ1v) is 8.86. The highest BCUT2D eigenvalue weighted by molar-refractivity contribution is 7.89. The molecule has 0 aliphatic carbocycles. The van der Waals surface area contributed by atoms with E-state index >= 15 is 0 Å². The number of piperidine rings is 1. The largest absolute Gasteiger partial charge is 0.317 e. The van der Waals surface area contributed by atoms with Crippen molar-refractivity contribution in [3.63, 3.8) is 0 Å². The molecule has 1 fully saturated rings. The van der Waals surface area contributed by atoms with Crippen LogP contribution in [-0.2, 0) is 23.5 Å². The Morgan fingerprint density at radius 3 is 2.85 bits per heavy atom. The summed E-state index contributed by atoms with van der Waals surface area (Å²) < 4.78 is 28.2. The monoisotopic (exact) mass is 300 g/mol. The highest BCUT2D eigenvalue weighted by atomic mass is 32.2. The van der Waals surface area contributed by atoms with Gasteiger partial charge in [-0.25, -0.2) is 13.1 Å². The van der Waals surface area contributed by atoms with E-state index in [1.807, 2.05) is 13.2 Å². The van der Waals surface area contributed by atoms with Gasteiger partial charge in [-0.15, -0.1) is 0 Å². The summed E-state index contributed by atoms with van der Waals surface area (Å²) in [6.07, 6.45) is 7.30. The third-order valence-corrected chi connectivity index (χ3v) is 5.16. The van der Waals surface area contributed by atoms with Crippen molar-refractivity contribution in [3.05, 3.63) is 18.0 Å². The van der Waals surface area contributed by atoms with Crippen LogP contribution in [0.2, 0.25) is 0 Å². The predicted octanol–water partition coefficient (Wildman–Crippen LogP) is 0.272. The molecule has 1 aliphatic rings. The maximum atomic E-state index is 11.9. The SMILES string of the molecule is Cn1cc(CCNS(=O)(=O)CCC2CCNCC2)cn1. The summed E-state index contributed by atoms with van der Waals surface area (Å²) in [6.45, 7) is 2.47. The van der Waals surface area contributed by atoms with Gasteiger partial charge in [0.1, 0.15) is 0 Å². The number of sulfonamides is 1. The molecule has 0 bridgehead atoms. The zero-order valence-corrected chi connectivity index (χ0v) is 12.8. The molecule has 2 N–H and O–H groups in total. The Morgan fingerprint density at radius 1 is 1.45 bits per heavy atom. The summed E-state index contributed by atoms with van der Waals surface area (Å²) in [6, 6.07) is 0. The Kier molecular flexibility index (Phi) is 5.56. The molecule has 0 unspecified atom stereocenters. The van der Waals surface area contributed by atoms with Crippen LogP contribution >= 0.6 is 0 Å². The number of aromatic nitrogens is 2. The van der Waals surface area contributed by atoms with Crippen molar-refractivity contribution < 1.29 is 8.42 Å². The number of rotatable bonds is 7. The minimum Gasteiger partial charge on any atom is -0.317 e. The third-order valence-electron chi connectivity index (χ3n) is 3.75. The number of aryl methyl sites for hydroxylation is 1. The summed E-state index contributed by atoms with van der Waals surface area (Å²) in [7, 11) is -1.29. The molecule has 1 aromatic rings. The van der Waals surface area contributed by atoms with Gasteiger partial charge in [-0.05, 0) is 50.3 Å². The van der Waals surface area contributed by atoms with Crippen LogP contribution in [0.1, 0.15) is 24.8 Å². The lowest BCUT2D eigenvalue weighted by Gasteiger charge is -2.22. The number of nitrogens with one attached hydrogen (secondary N) is 2. The molecular weight excluding hydrogens is 276 g/mol. The van der Waals surface area contributed by atoms with Gasteiger partial charge in [0.2, 0.25) is 10.0 Å². The lowest BCUT2D eigenvalue weighted by Crippen LogP contribution is -2.32. The van der Waals surface area contributed by atoms with Crippen molar-refractivity contribution in [2.45, 2.75) is 25.7 Å². The zero-order chi connectivity index (χ0) is 14.4. The first kappa shape index (κ1) is 15.5. The van der Waals surface area contributed by atoms with Crippen molar-refractivity contribution in [2.75, 3.05) is 25.4 Å². The van der Waals surface area contributed by atoms with Crippen LogP contribution < -0.4 is 10.0 Å². The number of nitrogens with zero attached hydrogens (tertiary/aromatic N) is 2. The summed E-state index contributed by atoms with van der Waals surface area (Å²) in [4.78, 5) is 0. The molecule has 0 radical (unpaired) electrons. The van der Waals surface area contributed by atoms with E-state index in [4.69, 9.17) is 0 Å². The van der Waals surface area contributed by atoms with Crippen molar-refractivity contribution in [1.82, 2.24) is 19.8 Å². The fourth-order valence-corrected chi connectivity index (χ4v) is 3.72. The quantitative estimate of drug-likeness (QED) is 0.758. The third kappa shape index (κ3) is 5.22. The smallest absolute Gasteiger partial charge is 0.211 e. The molecule has 2 heterocycles. The van der Waals surface area contributed by atoms with Gasteiger partial charge in [0, 0.05) is 19.8 Å². The Morgan fingerprint density at radius 2 is 2.20 bits per heavy atom. The van der Waals surface area contributed by atoms with E-state index < -0.39 is 10.0 Å². The Labute approximate surface area is 121 Å². The van der Waals surface area contributed by atoms with E-state index in [9.17, 15) is 8.42 Å². The fraction of sp³-hybridized carbons (Fsp3) is 0.769. The van der Waals surface area contributed by atoms with Gasteiger partial charge in [-0.2, -0.15) is 5.10 Å². The van der Waals surface area contributed by atoms with E-state index in [1.54, 1.807) is 10.9 Å². The zero-order valence-electron chi connectivity index (χ0n) is 12.0. The highest BCUT2D eigenvalue weighted by Crippen LogP contribution is 2.16. The van der Waals surface area contributed by atoms with Crippen LogP contribution in [-0.4, -0.2) is 43.6 Å². The Balaban J connectivity index is 1.67. The van der Waals surface area contributed by atoms with Gasteiger partial charge in [0.15, 0.2) is 0 Å². The van der Waals surface area contributed by atoms with Gasteiger partial charge >= 0.3 is 0 Å². The molecule has 1 saturated heterocycles. The molecular formula is C13H24N4O2S. The van der Waals surface area contributed by atoms with Crippen LogP contribution in [0.25, 0.3) is 0 Å². The van der Waals surface area contributed by atoms with Crippen molar-refractivity contribution >= 4 is 10.0 Å². The van der Waals surface area contributed by atoms with Crippen molar-refractivity contribution in [1.29, 1.82) is 0 Å². The van der Waals surface area contributed by atoms with Crippen LogP contribution in [0.4, 0.5) is 0 Å². The van der Waals surface area contributed by atoms with E-state index in [0.29, 0.717) is 18.9 Å². The van der Waals surface area contributed by atoms with Crippen LogP contribution in [0, 0.1) is 5.92 Å². The van der Waals surface area contributed by atoms with E-state index in [1.165, 1.54) is 0 Å². The molecule has 1 aromatic heterocycles. The fourth-order valence-electron chi connectivity index (χ4n) is 2.52. The van der Waals surface area contributed by atoms with Gasteiger partial charge < -0.3 is 5.32 Å². The number of hydrogen-bond acceptors (Lipinski definition) is 4. The molecule has 0 amide bonds. The highest BCUT2D eigenvalue weighted by Gasteiger charge is 2.17. The first-order valence-electron chi connectivity index (χ1n) is 7.21. The summed E-state index contributed by atoms with van der Waals surface area (Å²) in [5, 5.41) is 7.36. The van der Waals surface area contributed by atoms with E-state index in [0.717, 1.165) is 37.9 Å². The molecule has 114 valence electrons. The van der Waals surface area contributed by atoms with Crippen molar-refractivity contribution in [3.8, 4) is 0 Å². The average molecular weight is 300 g/mol. The summed E-state index contributed by atoms with van der Waals surface area (Å²) >= 11 is 0. The van der Waals surface area contributed by atoms with Crippen molar-refractivity contribution in [2.24, 2.45) is 13.0 Å². The second kappa shape index (κ2) is 7.19. The molecule has 0 aromatic carbocycles. The molecule has 0 atom stereocenters. The molecule has 0 spiro atoms. The predicted molar refractivity (Wildman–Crippen MR) is 78.9 cm³/mol. The minimum absolute atomic E-state index is 0.241. The number of hydrogen-bond donors (Lipinski definition) is 2. The van der Waals surface area contributed by atoms with Crippen LogP contribution in [0.5, 0.6) is 0 Å². The lowest BCUT2D eigenvalue weighted by molar-refractivity contribution is 0.365. The topological polar surface area (TPSA) is 76.0 Å². The minimum atomic E-state index is -3.14. The van der Waals surface area contributed by atoms with Gasteiger partial charge in [0.05, 0.1) is 11.9 Å². The molecule has 20 heavy (non-hydrogen) atoms. The maximum absolute atomic E-state index is 11.9. The average Bonchev–Trinajstić information content (AvgIpc) is 2.83. The van der Waals surface area contributed by atoms with E-state index in [-0.39, 0.29) is 5.75 Å². The summed E-state index contributed by atoms with van der Waals surface area (Å²) in [5.41, 5.74) is 1.05. The second-order valence-electron chi connectivity index (χ2n) is 5.47. The van der Waals surface area contributed by atoms with Gasteiger partial charge in [0.25, 0.3) is 0 Å².